The van der Waals surface area contributed by atoms with E-state index in [9.17, 15) is 13.2 Å². The number of hydrogen-bond acceptors (Lipinski definition) is 4. The third-order valence-corrected chi connectivity index (χ3v) is 2.20. The third-order valence-electron chi connectivity index (χ3n) is 2.20. The molecule has 19 heavy (non-hydrogen) atoms. The van der Waals surface area contributed by atoms with Crippen molar-refractivity contribution in [3.8, 4) is 5.88 Å². The van der Waals surface area contributed by atoms with Gasteiger partial charge in [-0.15, -0.1) is 0 Å². The summed E-state index contributed by atoms with van der Waals surface area (Å²) < 4.78 is 41.3. The van der Waals surface area contributed by atoms with E-state index in [-0.39, 0.29) is 13.0 Å². The molecule has 1 N–H and O–H groups in total. The van der Waals surface area contributed by atoms with E-state index in [1.54, 1.807) is 13.0 Å². The Balaban J connectivity index is 2.46. The zero-order valence-corrected chi connectivity index (χ0v) is 11.0. The van der Waals surface area contributed by atoms with Crippen LogP contribution in [0.1, 0.15) is 31.9 Å². The van der Waals surface area contributed by atoms with Gasteiger partial charge in [-0.05, 0) is 19.8 Å². The molecule has 0 aliphatic carbocycles. The summed E-state index contributed by atoms with van der Waals surface area (Å²) in [5.74, 6) is 0.737. The molecule has 0 atom stereocenters. The molecule has 0 aliphatic rings. The molecule has 0 amide bonds. The van der Waals surface area contributed by atoms with Gasteiger partial charge >= 0.3 is 6.18 Å². The van der Waals surface area contributed by atoms with Crippen LogP contribution in [0.3, 0.4) is 0 Å². The Kier molecular flexibility index (Phi) is 5.85. The Labute approximate surface area is 110 Å². The number of hydrogen-bond donors (Lipinski definition) is 1. The van der Waals surface area contributed by atoms with Gasteiger partial charge in [0, 0.05) is 24.7 Å². The smallest absolute Gasteiger partial charge is 0.389 e. The topological polar surface area (TPSA) is 47.0 Å². The second kappa shape index (κ2) is 7.16. The minimum Gasteiger partial charge on any atom is -0.478 e. The van der Waals surface area contributed by atoms with E-state index in [4.69, 9.17) is 4.74 Å². The lowest BCUT2D eigenvalue weighted by atomic mass is 10.3. The highest BCUT2D eigenvalue weighted by molar-refractivity contribution is 5.30. The molecule has 0 saturated heterocycles. The summed E-state index contributed by atoms with van der Waals surface area (Å²) in [7, 11) is 0. The fourth-order valence-electron chi connectivity index (χ4n) is 1.39. The second-order valence-corrected chi connectivity index (χ2v) is 4.17. The molecule has 1 rings (SSSR count). The van der Waals surface area contributed by atoms with Crippen LogP contribution < -0.4 is 10.1 Å². The molecule has 1 aromatic heterocycles. The van der Waals surface area contributed by atoms with E-state index >= 15 is 0 Å². The van der Waals surface area contributed by atoms with Gasteiger partial charge in [-0.3, -0.25) is 0 Å². The van der Waals surface area contributed by atoms with Gasteiger partial charge in [0.15, 0.2) is 0 Å². The number of nitrogens with zero attached hydrogens (tertiary/aromatic N) is 2. The number of nitrogens with one attached hydrogen (secondary N) is 1. The summed E-state index contributed by atoms with van der Waals surface area (Å²) in [6.07, 6.45) is -4.08. The highest BCUT2D eigenvalue weighted by Crippen LogP contribution is 2.21. The predicted octanol–water partition coefficient (Wildman–Crippen LogP) is 3.33. The Hall–Kier alpha value is -1.53. The summed E-state index contributed by atoms with van der Waals surface area (Å²) in [5.41, 5.74) is 0.708. The Morgan fingerprint density at radius 3 is 2.68 bits per heavy atom. The molecule has 0 radical (unpaired) electrons. The fraction of sp³-hybridized carbons (Fsp3) is 0.667. The summed E-state index contributed by atoms with van der Waals surface area (Å²) in [4.78, 5) is 8.17. The maximum Gasteiger partial charge on any atom is 0.389 e. The summed E-state index contributed by atoms with van der Waals surface area (Å²) in [6, 6.07) is 1.69. The van der Waals surface area contributed by atoms with Crippen molar-refractivity contribution in [2.24, 2.45) is 0 Å². The van der Waals surface area contributed by atoms with E-state index in [0.717, 1.165) is 6.42 Å². The van der Waals surface area contributed by atoms with Gasteiger partial charge in [-0.2, -0.15) is 18.2 Å². The van der Waals surface area contributed by atoms with Crippen molar-refractivity contribution in [1.82, 2.24) is 9.97 Å². The van der Waals surface area contributed by atoms with Gasteiger partial charge in [0.1, 0.15) is 0 Å². The average molecular weight is 277 g/mol. The van der Waals surface area contributed by atoms with Crippen LogP contribution in [0.2, 0.25) is 0 Å². The Morgan fingerprint density at radius 1 is 1.32 bits per heavy atom. The van der Waals surface area contributed by atoms with E-state index in [1.807, 2.05) is 6.92 Å². The van der Waals surface area contributed by atoms with Crippen molar-refractivity contribution in [3.05, 3.63) is 11.8 Å². The van der Waals surface area contributed by atoms with Gasteiger partial charge in [-0.25, -0.2) is 4.98 Å². The van der Waals surface area contributed by atoms with Crippen LogP contribution >= 0.6 is 0 Å². The predicted molar refractivity (Wildman–Crippen MR) is 66.3 cm³/mol. The first-order valence-corrected chi connectivity index (χ1v) is 6.20. The average Bonchev–Trinajstić information content (AvgIpc) is 2.30. The highest BCUT2D eigenvalue weighted by atomic mass is 19.4. The number of halogens is 3. The first-order valence-electron chi connectivity index (χ1n) is 6.20. The standard InChI is InChI=1S/C12H18F3N3O/c1-3-7-19-10-8-9(2)17-11(18-10)16-6-4-5-12(13,14)15/h8H,3-7H2,1-2H3,(H,16,17,18). The monoisotopic (exact) mass is 277 g/mol. The van der Waals surface area contributed by atoms with E-state index < -0.39 is 12.6 Å². The second-order valence-electron chi connectivity index (χ2n) is 4.17. The molecular weight excluding hydrogens is 259 g/mol. The Morgan fingerprint density at radius 2 is 2.05 bits per heavy atom. The van der Waals surface area contributed by atoms with Gasteiger partial charge in [0.05, 0.1) is 6.61 Å². The molecule has 0 bridgehead atoms. The van der Waals surface area contributed by atoms with Crippen LogP contribution in [0.5, 0.6) is 5.88 Å². The van der Waals surface area contributed by atoms with Crippen LogP contribution in [0, 0.1) is 6.92 Å². The minimum absolute atomic E-state index is 0.00798. The minimum atomic E-state index is -4.12. The molecule has 1 aromatic rings. The maximum atomic E-state index is 12.0. The summed E-state index contributed by atoms with van der Waals surface area (Å²) in [6.45, 7) is 4.48. The lowest BCUT2D eigenvalue weighted by Gasteiger charge is -2.09. The van der Waals surface area contributed by atoms with Crippen LogP contribution in [-0.4, -0.2) is 29.3 Å². The SMILES string of the molecule is CCCOc1cc(C)nc(NCCCC(F)(F)F)n1. The van der Waals surface area contributed by atoms with Crippen molar-refractivity contribution in [3.63, 3.8) is 0 Å². The highest BCUT2D eigenvalue weighted by Gasteiger charge is 2.25. The molecule has 0 unspecified atom stereocenters. The van der Waals surface area contributed by atoms with Gasteiger partial charge in [0.25, 0.3) is 0 Å². The van der Waals surface area contributed by atoms with Gasteiger partial charge < -0.3 is 10.1 Å². The first kappa shape index (κ1) is 15.5. The van der Waals surface area contributed by atoms with Crippen molar-refractivity contribution < 1.29 is 17.9 Å². The number of anilines is 1. The van der Waals surface area contributed by atoms with Gasteiger partial charge in [-0.1, -0.05) is 6.92 Å². The number of aryl methyl sites for hydroxylation is 1. The molecule has 0 fully saturated rings. The summed E-state index contributed by atoms with van der Waals surface area (Å²) in [5, 5.41) is 2.77. The molecule has 0 aromatic carbocycles. The quantitative estimate of drug-likeness (QED) is 0.777. The van der Waals surface area contributed by atoms with Crippen molar-refractivity contribution in [2.45, 2.75) is 39.3 Å². The van der Waals surface area contributed by atoms with E-state index in [1.165, 1.54) is 0 Å². The molecule has 4 nitrogen and oxygen atoms in total. The molecule has 108 valence electrons. The van der Waals surface area contributed by atoms with E-state index in [2.05, 4.69) is 15.3 Å². The molecule has 0 aliphatic heterocycles. The van der Waals surface area contributed by atoms with Crippen LogP contribution in [0.25, 0.3) is 0 Å². The molecule has 7 heteroatoms. The van der Waals surface area contributed by atoms with E-state index in [0.29, 0.717) is 24.1 Å². The number of rotatable bonds is 7. The zero-order valence-electron chi connectivity index (χ0n) is 11.0. The third kappa shape index (κ3) is 6.83. The lowest BCUT2D eigenvalue weighted by Crippen LogP contribution is -2.12. The van der Waals surface area contributed by atoms with Crippen molar-refractivity contribution in [2.75, 3.05) is 18.5 Å². The number of aromatic nitrogens is 2. The molecule has 0 spiro atoms. The first-order chi connectivity index (χ1) is 8.90. The van der Waals surface area contributed by atoms with Crippen molar-refractivity contribution in [1.29, 1.82) is 0 Å². The Bertz CT molecular complexity index is 396. The van der Waals surface area contributed by atoms with Crippen molar-refractivity contribution >= 4 is 5.95 Å². The number of alkyl halides is 3. The molecule has 0 saturated carbocycles. The van der Waals surface area contributed by atoms with Crippen LogP contribution in [0.4, 0.5) is 19.1 Å². The zero-order chi connectivity index (χ0) is 14.3. The number of ether oxygens (including phenoxy) is 1. The van der Waals surface area contributed by atoms with Crippen LogP contribution in [0.15, 0.2) is 6.07 Å². The van der Waals surface area contributed by atoms with Gasteiger partial charge in [0.2, 0.25) is 11.8 Å². The maximum absolute atomic E-state index is 12.0. The molecular formula is C12H18F3N3O. The normalized spacial score (nSPS) is 11.4. The summed E-state index contributed by atoms with van der Waals surface area (Å²) >= 11 is 0. The van der Waals surface area contributed by atoms with Crippen LogP contribution in [-0.2, 0) is 0 Å². The largest absolute Gasteiger partial charge is 0.478 e. The fourth-order valence-corrected chi connectivity index (χ4v) is 1.39. The molecule has 1 heterocycles. The lowest BCUT2D eigenvalue weighted by molar-refractivity contribution is -0.134.